The second-order valence-electron chi connectivity index (χ2n) is 5.49. The SMILES string of the molecule is Nc1ccc(-c2cnn(CC3CC(F)(F)C3)c2)cc1N[O-]. The fraction of sp³-hybridized carbons (Fsp3) is 0.357. The molecule has 0 amide bonds. The molecule has 1 aromatic carbocycles. The third-order valence-corrected chi connectivity index (χ3v) is 3.75. The van der Waals surface area contributed by atoms with Crippen molar-refractivity contribution in [2.24, 2.45) is 5.92 Å². The molecular formula is C14H15F2N4O-. The molecule has 0 bridgehead atoms. The summed E-state index contributed by atoms with van der Waals surface area (Å²) in [4.78, 5) is 0. The van der Waals surface area contributed by atoms with Crippen molar-refractivity contribution in [3.63, 3.8) is 0 Å². The Morgan fingerprint density at radius 2 is 2.14 bits per heavy atom. The predicted molar refractivity (Wildman–Crippen MR) is 76.7 cm³/mol. The minimum absolute atomic E-state index is 0.0296. The van der Waals surface area contributed by atoms with Crippen LogP contribution in [0.3, 0.4) is 0 Å². The highest BCUT2D eigenvalue weighted by molar-refractivity contribution is 5.75. The van der Waals surface area contributed by atoms with Gasteiger partial charge in [-0.3, -0.25) is 4.68 Å². The summed E-state index contributed by atoms with van der Waals surface area (Å²) in [5.41, 5.74) is 9.73. The molecule has 3 rings (SSSR count). The molecule has 0 saturated heterocycles. The van der Waals surface area contributed by atoms with Crippen LogP contribution in [0, 0.1) is 11.1 Å². The predicted octanol–water partition coefficient (Wildman–Crippen LogP) is 3.09. The maximum absolute atomic E-state index is 12.8. The number of nitrogens with one attached hydrogen (secondary N) is 1. The third kappa shape index (κ3) is 2.82. The van der Waals surface area contributed by atoms with Crippen molar-refractivity contribution >= 4 is 11.4 Å². The van der Waals surface area contributed by atoms with Gasteiger partial charge in [-0.05, 0) is 23.6 Å². The molecule has 1 aliphatic carbocycles. The van der Waals surface area contributed by atoms with E-state index in [1.54, 1.807) is 40.8 Å². The molecule has 1 aliphatic rings. The number of alkyl halides is 2. The van der Waals surface area contributed by atoms with Gasteiger partial charge in [0.25, 0.3) is 0 Å². The first-order valence-corrected chi connectivity index (χ1v) is 6.65. The number of hydrogen-bond donors (Lipinski definition) is 2. The van der Waals surface area contributed by atoms with E-state index >= 15 is 0 Å². The standard InChI is InChI=1S/C14H15F2N4O/c15-14(16)4-9(5-14)7-20-8-11(6-18-20)10-1-2-12(17)13(3-10)19-21/h1-3,6,8-9,19H,4-5,7,17H2/q-1. The van der Waals surface area contributed by atoms with Gasteiger partial charge in [-0.1, -0.05) is 6.07 Å². The molecule has 7 heteroatoms. The second-order valence-corrected chi connectivity index (χ2v) is 5.49. The van der Waals surface area contributed by atoms with E-state index in [2.05, 4.69) is 5.10 Å². The Kier molecular flexibility index (Phi) is 3.29. The van der Waals surface area contributed by atoms with Crippen LogP contribution in [-0.2, 0) is 6.54 Å². The maximum Gasteiger partial charge on any atom is 0.248 e. The third-order valence-electron chi connectivity index (χ3n) is 3.75. The first-order valence-electron chi connectivity index (χ1n) is 6.65. The summed E-state index contributed by atoms with van der Waals surface area (Å²) in [6.07, 6.45) is 3.29. The average molecular weight is 293 g/mol. The molecule has 1 heterocycles. The number of anilines is 2. The molecule has 21 heavy (non-hydrogen) atoms. The van der Waals surface area contributed by atoms with E-state index in [4.69, 9.17) is 5.73 Å². The lowest BCUT2D eigenvalue weighted by Gasteiger charge is -2.34. The van der Waals surface area contributed by atoms with Gasteiger partial charge in [-0.25, -0.2) is 8.78 Å². The number of halogens is 2. The Morgan fingerprint density at radius 1 is 1.38 bits per heavy atom. The number of benzene rings is 1. The largest absolute Gasteiger partial charge is 0.761 e. The Labute approximate surface area is 120 Å². The Morgan fingerprint density at radius 3 is 2.81 bits per heavy atom. The van der Waals surface area contributed by atoms with Crippen LogP contribution in [0.25, 0.3) is 11.1 Å². The number of nitrogen functional groups attached to an aromatic ring is 1. The maximum atomic E-state index is 12.8. The van der Waals surface area contributed by atoms with E-state index in [0.29, 0.717) is 17.9 Å². The van der Waals surface area contributed by atoms with E-state index in [1.165, 1.54) is 0 Å². The number of hydrogen-bond acceptors (Lipinski definition) is 4. The Hall–Kier alpha value is -2.15. The molecule has 1 aromatic heterocycles. The minimum atomic E-state index is -2.51. The number of aromatic nitrogens is 2. The van der Waals surface area contributed by atoms with E-state index in [-0.39, 0.29) is 18.8 Å². The summed E-state index contributed by atoms with van der Waals surface area (Å²) in [5, 5.41) is 15.0. The van der Waals surface area contributed by atoms with Crippen LogP contribution in [0.4, 0.5) is 20.2 Å². The topological polar surface area (TPSA) is 78.9 Å². The molecule has 0 radical (unpaired) electrons. The lowest BCUT2D eigenvalue weighted by atomic mass is 9.81. The van der Waals surface area contributed by atoms with E-state index in [9.17, 15) is 14.0 Å². The highest BCUT2D eigenvalue weighted by Crippen LogP contribution is 2.43. The summed E-state index contributed by atoms with van der Waals surface area (Å²) >= 11 is 0. The van der Waals surface area contributed by atoms with Gasteiger partial charge in [-0.15, -0.1) is 0 Å². The lowest BCUT2D eigenvalue weighted by molar-refractivity contribution is -0.114. The van der Waals surface area contributed by atoms with Crippen molar-refractivity contribution in [2.45, 2.75) is 25.3 Å². The van der Waals surface area contributed by atoms with E-state index < -0.39 is 5.92 Å². The molecule has 3 N–H and O–H groups in total. The number of nitrogens with two attached hydrogens (primary N) is 1. The van der Waals surface area contributed by atoms with Crippen molar-refractivity contribution in [3.05, 3.63) is 35.8 Å². The van der Waals surface area contributed by atoms with Crippen molar-refractivity contribution in [1.29, 1.82) is 0 Å². The van der Waals surface area contributed by atoms with Gasteiger partial charge in [0.1, 0.15) is 0 Å². The normalized spacial score (nSPS) is 17.5. The van der Waals surface area contributed by atoms with E-state index in [0.717, 1.165) is 11.1 Å². The zero-order valence-electron chi connectivity index (χ0n) is 11.2. The molecule has 112 valence electrons. The van der Waals surface area contributed by atoms with Gasteiger partial charge >= 0.3 is 0 Å². The van der Waals surface area contributed by atoms with Gasteiger partial charge in [-0.2, -0.15) is 5.10 Å². The van der Waals surface area contributed by atoms with Crippen LogP contribution in [0.15, 0.2) is 30.6 Å². The van der Waals surface area contributed by atoms with Crippen LogP contribution in [0.2, 0.25) is 0 Å². The molecule has 5 nitrogen and oxygen atoms in total. The monoisotopic (exact) mass is 293 g/mol. The van der Waals surface area contributed by atoms with Crippen LogP contribution in [-0.4, -0.2) is 15.7 Å². The molecule has 1 saturated carbocycles. The summed E-state index contributed by atoms with van der Waals surface area (Å²) in [6.45, 7) is 0.483. The van der Waals surface area contributed by atoms with Crippen LogP contribution >= 0.6 is 0 Å². The molecule has 0 aliphatic heterocycles. The van der Waals surface area contributed by atoms with Crippen molar-refractivity contribution in [1.82, 2.24) is 9.78 Å². The van der Waals surface area contributed by atoms with Gasteiger partial charge in [0.2, 0.25) is 5.92 Å². The van der Waals surface area contributed by atoms with Crippen molar-refractivity contribution in [3.8, 4) is 11.1 Å². The van der Waals surface area contributed by atoms with Gasteiger partial charge < -0.3 is 16.4 Å². The number of nitrogens with zero attached hydrogens (tertiary/aromatic N) is 2. The number of rotatable bonds is 4. The first-order chi connectivity index (χ1) is 9.97. The first kappa shape index (κ1) is 13.8. The van der Waals surface area contributed by atoms with E-state index in [1.807, 2.05) is 0 Å². The summed E-state index contributed by atoms with van der Waals surface area (Å²) < 4.78 is 27.3. The summed E-state index contributed by atoms with van der Waals surface area (Å²) in [5.74, 6) is -2.54. The minimum Gasteiger partial charge on any atom is -0.761 e. The lowest BCUT2D eigenvalue weighted by Crippen LogP contribution is -2.37. The molecule has 0 unspecified atom stereocenters. The molecule has 2 aromatic rings. The fourth-order valence-electron chi connectivity index (χ4n) is 2.62. The quantitative estimate of drug-likeness (QED) is 0.670. The van der Waals surface area contributed by atoms with Crippen molar-refractivity contribution < 1.29 is 8.78 Å². The van der Waals surface area contributed by atoms with Crippen LogP contribution < -0.4 is 11.2 Å². The average Bonchev–Trinajstić information content (AvgIpc) is 2.86. The van der Waals surface area contributed by atoms with Crippen LogP contribution in [0.5, 0.6) is 0 Å². The van der Waals surface area contributed by atoms with Gasteiger partial charge in [0.15, 0.2) is 0 Å². The highest BCUT2D eigenvalue weighted by Gasteiger charge is 2.45. The van der Waals surface area contributed by atoms with Crippen molar-refractivity contribution in [2.75, 3.05) is 11.2 Å². The second kappa shape index (κ2) is 5.00. The summed E-state index contributed by atoms with van der Waals surface area (Å²) in [6, 6.07) is 5.07. The van der Waals surface area contributed by atoms with Gasteiger partial charge in [0, 0.05) is 36.8 Å². The Balaban J connectivity index is 1.73. The molecule has 1 fully saturated rings. The Bertz CT molecular complexity index is 648. The fourth-order valence-corrected chi connectivity index (χ4v) is 2.62. The zero-order chi connectivity index (χ0) is 15.0. The zero-order valence-corrected chi connectivity index (χ0v) is 11.2. The van der Waals surface area contributed by atoms with Crippen LogP contribution in [0.1, 0.15) is 12.8 Å². The molecule has 0 atom stereocenters. The van der Waals surface area contributed by atoms with Gasteiger partial charge in [0.05, 0.1) is 11.9 Å². The molecule has 0 spiro atoms. The molecular weight excluding hydrogens is 278 g/mol. The smallest absolute Gasteiger partial charge is 0.248 e. The summed E-state index contributed by atoms with van der Waals surface area (Å²) in [7, 11) is 0. The highest BCUT2D eigenvalue weighted by atomic mass is 19.3.